The summed E-state index contributed by atoms with van der Waals surface area (Å²) in [6, 6.07) is 11.4. The molecule has 5 heteroatoms. The van der Waals surface area contributed by atoms with E-state index in [1.165, 1.54) is 5.56 Å². The van der Waals surface area contributed by atoms with E-state index in [1.54, 1.807) is 19.1 Å². The zero-order valence-electron chi connectivity index (χ0n) is 14.4. The Labute approximate surface area is 148 Å². The summed E-state index contributed by atoms with van der Waals surface area (Å²) in [5.74, 6) is 0.273. The number of hydrogen-bond donors (Lipinski definition) is 2. The van der Waals surface area contributed by atoms with Crippen LogP contribution in [-0.4, -0.2) is 11.1 Å². The zero-order valence-corrected chi connectivity index (χ0v) is 15.2. The molecular weight excluding hydrogens is 320 g/mol. The highest BCUT2D eigenvalue weighted by Gasteiger charge is 2.07. The summed E-state index contributed by atoms with van der Waals surface area (Å²) in [6.07, 6.45) is 0.350. The van der Waals surface area contributed by atoms with Crippen LogP contribution in [0, 0.1) is 20.8 Å². The Bertz CT molecular complexity index is 731. The number of carbonyl (C=O) groups excluding carboxylic acids is 1. The lowest BCUT2D eigenvalue weighted by Gasteiger charge is -2.16. The summed E-state index contributed by atoms with van der Waals surface area (Å²) in [5.41, 5.74) is 5.38. The molecule has 0 heterocycles. The summed E-state index contributed by atoms with van der Waals surface area (Å²) in [4.78, 5) is 11.3. The van der Waals surface area contributed by atoms with Gasteiger partial charge in [0.25, 0.3) is 0 Å². The Morgan fingerprint density at radius 2 is 1.62 bits per heavy atom. The van der Waals surface area contributed by atoms with Gasteiger partial charge in [-0.2, -0.15) is 0 Å². The van der Waals surface area contributed by atoms with Crippen LogP contribution in [-0.2, 0) is 4.79 Å². The molecule has 0 atom stereocenters. The first-order valence-electron chi connectivity index (χ1n) is 7.85. The normalized spacial score (nSPS) is 10.2. The van der Waals surface area contributed by atoms with Gasteiger partial charge < -0.3 is 15.4 Å². The first-order chi connectivity index (χ1) is 11.4. The second-order valence-corrected chi connectivity index (χ2v) is 6.11. The van der Waals surface area contributed by atoms with Crippen LogP contribution in [0.25, 0.3) is 0 Å². The van der Waals surface area contributed by atoms with Gasteiger partial charge >= 0.3 is 5.97 Å². The van der Waals surface area contributed by atoms with Crippen molar-refractivity contribution in [3.63, 3.8) is 0 Å². The second kappa shape index (κ2) is 7.93. The smallest absolute Gasteiger partial charge is 0.310 e. The summed E-state index contributed by atoms with van der Waals surface area (Å²) < 4.78 is 5.15. The number of aryl methyl sites for hydroxylation is 3. The summed E-state index contributed by atoms with van der Waals surface area (Å²) in [6.45, 7) is 7.95. The third-order valence-electron chi connectivity index (χ3n) is 3.55. The SMILES string of the molecule is CCC(=O)Oc1ccc(NC(=S)Nc2c(C)cc(C)cc2C)cc1. The first-order valence-corrected chi connectivity index (χ1v) is 8.26. The molecule has 0 amide bonds. The molecule has 0 aromatic heterocycles. The molecule has 2 N–H and O–H groups in total. The van der Waals surface area contributed by atoms with Gasteiger partial charge in [-0.25, -0.2) is 0 Å². The van der Waals surface area contributed by atoms with Crippen molar-refractivity contribution in [2.45, 2.75) is 34.1 Å². The lowest BCUT2D eigenvalue weighted by molar-refractivity contribution is -0.134. The van der Waals surface area contributed by atoms with Crippen LogP contribution < -0.4 is 15.4 Å². The highest BCUT2D eigenvalue weighted by atomic mass is 32.1. The number of ether oxygens (including phenoxy) is 1. The Morgan fingerprint density at radius 3 is 2.17 bits per heavy atom. The van der Waals surface area contributed by atoms with E-state index in [-0.39, 0.29) is 5.97 Å². The molecule has 0 fully saturated rings. The molecular formula is C19H22N2O2S. The van der Waals surface area contributed by atoms with Gasteiger partial charge in [0, 0.05) is 17.8 Å². The zero-order chi connectivity index (χ0) is 17.7. The Kier molecular flexibility index (Phi) is 5.93. The number of hydrogen-bond acceptors (Lipinski definition) is 3. The van der Waals surface area contributed by atoms with E-state index in [0.29, 0.717) is 17.3 Å². The fraction of sp³-hybridized carbons (Fsp3) is 0.263. The highest BCUT2D eigenvalue weighted by Crippen LogP contribution is 2.22. The van der Waals surface area contributed by atoms with E-state index in [2.05, 4.69) is 43.5 Å². The number of benzene rings is 2. The van der Waals surface area contributed by atoms with Crippen LogP contribution in [0.1, 0.15) is 30.0 Å². The maximum absolute atomic E-state index is 11.3. The van der Waals surface area contributed by atoms with Gasteiger partial charge in [0.2, 0.25) is 0 Å². The average Bonchev–Trinajstić information content (AvgIpc) is 2.52. The van der Waals surface area contributed by atoms with Crippen LogP contribution >= 0.6 is 12.2 Å². The summed E-state index contributed by atoms with van der Waals surface area (Å²) in [5, 5.41) is 6.90. The molecule has 0 aliphatic heterocycles. The fourth-order valence-electron chi connectivity index (χ4n) is 2.46. The minimum absolute atomic E-state index is 0.252. The van der Waals surface area contributed by atoms with Crippen LogP contribution in [0.5, 0.6) is 5.75 Å². The molecule has 0 radical (unpaired) electrons. The maximum Gasteiger partial charge on any atom is 0.310 e. The van der Waals surface area contributed by atoms with Crippen molar-refractivity contribution >= 4 is 34.7 Å². The number of carbonyl (C=O) groups is 1. The van der Waals surface area contributed by atoms with Gasteiger partial charge in [-0.15, -0.1) is 0 Å². The van der Waals surface area contributed by atoms with Gasteiger partial charge in [-0.05, 0) is 68.4 Å². The molecule has 0 bridgehead atoms. The minimum Gasteiger partial charge on any atom is -0.427 e. The van der Waals surface area contributed by atoms with Gasteiger partial charge in [-0.1, -0.05) is 24.6 Å². The van der Waals surface area contributed by atoms with Crippen molar-refractivity contribution in [3.05, 3.63) is 53.1 Å². The predicted octanol–water partition coefficient (Wildman–Crippen LogP) is 4.74. The standard InChI is InChI=1S/C19H22N2O2S/c1-5-17(22)23-16-8-6-15(7-9-16)20-19(24)21-18-13(3)10-12(2)11-14(18)4/h6-11H,5H2,1-4H3,(H2,20,21,24). The number of nitrogens with one attached hydrogen (secondary N) is 2. The molecule has 0 saturated heterocycles. The van der Waals surface area contributed by atoms with E-state index in [1.807, 2.05) is 12.1 Å². The molecule has 2 aromatic carbocycles. The molecule has 2 rings (SSSR count). The van der Waals surface area contributed by atoms with Crippen LogP contribution in [0.4, 0.5) is 11.4 Å². The van der Waals surface area contributed by atoms with Gasteiger partial charge in [0.15, 0.2) is 5.11 Å². The minimum atomic E-state index is -0.252. The van der Waals surface area contributed by atoms with Crippen molar-refractivity contribution in [1.82, 2.24) is 0 Å². The third kappa shape index (κ3) is 4.80. The number of anilines is 2. The quantitative estimate of drug-likeness (QED) is 0.478. The van der Waals surface area contributed by atoms with Gasteiger partial charge in [0.05, 0.1) is 0 Å². The van der Waals surface area contributed by atoms with E-state index in [0.717, 1.165) is 22.5 Å². The van der Waals surface area contributed by atoms with Crippen molar-refractivity contribution in [2.75, 3.05) is 10.6 Å². The van der Waals surface area contributed by atoms with Gasteiger partial charge in [0.1, 0.15) is 5.75 Å². The topological polar surface area (TPSA) is 50.4 Å². The molecule has 0 aliphatic carbocycles. The first kappa shape index (κ1) is 17.9. The number of thiocarbonyl (C=S) groups is 1. The molecule has 4 nitrogen and oxygen atoms in total. The summed E-state index contributed by atoms with van der Waals surface area (Å²) in [7, 11) is 0. The van der Waals surface area contributed by atoms with Crippen molar-refractivity contribution in [2.24, 2.45) is 0 Å². The van der Waals surface area contributed by atoms with E-state index >= 15 is 0 Å². The maximum atomic E-state index is 11.3. The predicted molar refractivity (Wildman–Crippen MR) is 103 cm³/mol. The molecule has 126 valence electrons. The van der Waals surface area contributed by atoms with Crippen LogP contribution in [0.3, 0.4) is 0 Å². The second-order valence-electron chi connectivity index (χ2n) is 5.70. The lowest BCUT2D eigenvalue weighted by Crippen LogP contribution is -2.20. The average molecular weight is 342 g/mol. The van der Waals surface area contributed by atoms with E-state index in [9.17, 15) is 4.79 Å². The molecule has 24 heavy (non-hydrogen) atoms. The van der Waals surface area contributed by atoms with E-state index < -0.39 is 0 Å². The number of esters is 1. The molecule has 0 spiro atoms. The monoisotopic (exact) mass is 342 g/mol. The molecule has 0 unspecified atom stereocenters. The Hall–Kier alpha value is -2.40. The van der Waals surface area contributed by atoms with Crippen molar-refractivity contribution in [3.8, 4) is 5.75 Å². The Morgan fingerprint density at radius 1 is 1.04 bits per heavy atom. The van der Waals surface area contributed by atoms with Crippen LogP contribution in [0.15, 0.2) is 36.4 Å². The van der Waals surface area contributed by atoms with Gasteiger partial charge in [-0.3, -0.25) is 4.79 Å². The Balaban J connectivity index is 2.01. The van der Waals surface area contributed by atoms with E-state index in [4.69, 9.17) is 17.0 Å². The highest BCUT2D eigenvalue weighted by molar-refractivity contribution is 7.80. The van der Waals surface area contributed by atoms with Crippen LogP contribution in [0.2, 0.25) is 0 Å². The summed E-state index contributed by atoms with van der Waals surface area (Å²) >= 11 is 5.38. The largest absolute Gasteiger partial charge is 0.427 e. The fourth-order valence-corrected chi connectivity index (χ4v) is 2.68. The molecule has 0 saturated carbocycles. The lowest BCUT2D eigenvalue weighted by atomic mass is 10.1. The number of rotatable bonds is 4. The molecule has 0 aliphatic rings. The van der Waals surface area contributed by atoms with Crippen molar-refractivity contribution < 1.29 is 9.53 Å². The molecule has 2 aromatic rings. The third-order valence-corrected chi connectivity index (χ3v) is 3.75. The van der Waals surface area contributed by atoms with Crippen molar-refractivity contribution in [1.29, 1.82) is 0 Å².